The number of aromatic hydroxyl groups is 1. The Morgan fingerprint density at radius 2 is 1.70 bits per heavy atom. The molecule has 0 aliphatic heterocycles. The van der Waals surface area contributed by atoms with Gasteiger partial charge in [-0.1, -0.05) is 31.4 Å². The summed E-state index contributed by atoms with van der Waals surface area (Å²) in [6.45, 7) is 0. The maximum Gasteiger partial charge on any atom is 0.343 e. The van der Waals surface area contributed by atoms with E-state index in [0.29, 0.717) is 5.39 Å². The van der Waals surface area contributed by atoms with Crippen LogP contribution < -0.4 is 22.6 Å². The molecule has 0 radical (unpaired) electrons. The lowest BCUT2D eigenvalue weighted by Gasteiger charge is -2.31. The molecule has 158 valence electrons. The Hall–Kier alpha value is -3.29. The zero-order valence-corrected chi connectivity index (χ0v) is 17.1. The summed E-state index contributed by atoms with van der Waals surface area (Å²) in [6, 6.07) is 6.72. The smallest absolute Gasteiger partial charge is 0.343 e. The Morgan fingerprint density at radius 1 is 1.03 bits per heavy atom. The van der Waals surface area contributed by atoms with Crippen molar-refractivity contribution in [2.24, 2.45) is 20.0 Å². The van der Waals surface area contributed by atoms with Gasteiger partial charge < -0.3 is 15.3 Å². The molecule has 1 saturated carbocycles. The zero-order chi connectivity index (χ0) is 21.6. The van der Waals surface area contributed by atoms with Crippen LogP contribution in [-0.4, -0.2) is 14.2 Å². The first-order chi connectivity index (χ1) is 14.3. The molecule has 0 bridgehead atoms. The van der Waals surface area contributed by atoms with Crippen LogP contribution >= 0.6 is 0 Å². The lowest BCUT2D eigenvalue weighted by molar-refractivity contribution is 0.315. The molecule has 0 amide bonds. The molecule has 4 rings (SSSR count). The molecule has 2 heterocycles. The van der Waals surface area contributed by atoms with Gasteiger partial charge in [-0.05, 0) is 30.9 Å². The lowest BCUT2D eigenvalue weighted by atomic mass is 9.73. The molecule has 0 saturated heterocycles. The van der Waals surface area contributed by atoms with Crippen molar-refractivity contribution < 1.29 is 9.52 Å². The number of rotatable bonds is 3. The van der Waals surface area contributed by atoms with E-state index >= 15 is 0 Å². The van der Waals surface area contributed by atoms with E-state index in [0.717, 1.165) is 36.7 Å². The van der Waals surface area contributed by atoms with Gasteiger partial charge in [0.25, 0.3) is 5.56 Å². The van der Waals surface area contributed by atoms with E-state index in [-0.39, 0.29) is 34.2 Å². The van der Waals surface area contributed by atoms with Crippen LogP contribution in [0.1, 0.15) is 49.1 Å². The fourth-order valence-electron chi connectivity index (χ4n) is 4.68. The number of aromatic nitrogens is 2. The first kappa shape index (κ1) is 20.0. The van der Waals surface area contributed by atoms with Crippen LogP contribution in [0.15, 0.2) is 43.1 Å². The Morgan fingerprint density at radius 3 is 2.40 bits per heavy atom. The molecule has 3 N–H and O–H groups in total. The topological polar surface area (TPSA) is 120 Å². The second-order valence-electron chi connectivity index (χ2n) is 8.03. The second kappa shape index (κ2) is 7.51. The first-order valence-electron chi connectivity index (χ1n) is 10.1. The molecule has 3 aromatic rings. The molecule has 1 atom stereocenters. The van der Waals surface area contributed by atoms with Crippen molar-refractivity contribution in [3.63, 3.8) is 0 Å². The summed E-state index contributed by atoms with van der Waals surface area (Å²) in [6.07, 6.45) is 4.53. The van der Waals surface area contributed by atoms with Gasteiger partial charge in [0.15, 0.2) is 0 Å². The van der Waals surface area contributed by atoms with E-state index < -0.39 is 22.8 Å². The summed E-state index contributed by atoms with van der Waals surface area (Å²) in [5.41, 5.74) is 4.91. The highest BCUT2D eigenvalue weighted by atomic mass is 16.4. The van der Waals surface area contributed by atoms with Crippen LogP contribution in [0.5, 0.6) is 5.75 Å². The summed E-state index contributed by atoms with van der Waals surface area (Å²) < 4.78 is 7.69. The van der Waals surface area contributed by atoms with E-state index in [4.69, 9.17) is 10.2 Å². The summed E-state index contributed by atoms with van der Waals surface area (Å²) in [5, 5.41) is 11.5. The highest BCUT2D eigenvalue weighted by Crippen LogP contribution is 2.43. The number of nitrogens with two attached hydrogens (primary N) is 1. The number of hydrogen-bond acceptors (Lipinski definition) is 6. The van der Waals surface area contributed by atoms with Gasteiger partial charge in [0, 0.05) is 20.0 Å². The van der Waals surface area contributed by atoms with Crippen LogP contribution in [0.4, 0.5) is 5.82 Å². The van der Waals surface area contributed by atoms with Crippen molar-refractivity contribution in [1.82, 2.24) is 9.13 Å². The van der Waals surface area contributed by atoms with Crippen LogP contribution in [-0.2, 0) is 14.1 Å². The van der Waals surface area contributed by atoms with Gasteiger partial charge in [-0.25, -0.2) is 9.59 Å². The van der Waals surface area contributed by atoms with E-state index in [1.54, 1.807) is 24.3 Å². The van der Waals surface area contributed by atoms with Crippen molar-refractivity contribution in [2.75, 3.05) is 5.73 Å². The number of para-hydroxylation sites is 1. The van der Waals surface area contributed by atoms with E-state index in [9.17, 15) is 19.5 Å². The van der Waals surface area contributed by atoms with Crippen molar-refractivity contribution >= 4 is 16.8 Å². The van der Waals surface area contributed by atoms with Gasteiger partial charge in [-0.2, -0.15) is 0 Å². The molecule has 0 spiro atoms. The number of anilines is 1. The SMILES string of the molecule is Cn1c(N)c(C(c2c(O)c3ccccc3oc2=O)C2CCCCC2)c(=O)n(C)c1=O. The maximum absolute atomic E-state index is 13.2. The van der Waals surface area contributed by atoms with Gasteiger partial charge in [0.05, 0.1) is 16.5 Å². The average molecular weight is 411 g/mol. The van der Waals surface area contributed by atoms with Gasteiger partial charge in [-0.15, -0.1) is 0 Å². The minimum atomic E-state index is -0.767. The number of nitrogens with zero attached hydrogens (tertiary/aromatic N) is 2. The molecule has 1 fully saturated rings. The summed E-state index contributed by atoms with van der Waals surface area (Å²) in [4.78, 5) is 38.5. The van der Waals surface area contributed by atoms with Crippen molar-refractivity contribution in [3.8, 4) is 5.75 Å². The molecule has 1 unspecified atom stereocenters. The number of fused-ring (bicyclic) bond motifs is 1. The molecule has 30 heavy (non-hydrogen) atoms. The van der Waals surface area contributed by atoms with E-state index in [1.807, 2.05) is 0 Å². The Kier molecular flexibility index (Phi) is 5.01. The average Bonchev–Trinajstić information content (AvgIpc) is 2.76. The highest BCUT2D eigenvalue weighted by molar-refractivity contribution is 5.84. The van der Waals surface area contributed by atoms with Gasteiger partial charge in [-0.3, -0.25) is 13.9 Å². The van der Waals surface area contributed by atoms with Gasteiger partial charge >= 0.3 is 11.3 Å². The summed E-state index contributed by atoms with van der Waals surface area (Å²) in [7, 11) is 2.87. The molecule has 8 nitrogen and oxygen atoms in total. The van der Waals surface area contributed by atoms with Gasteiger partial charge in [0.2, 0.25) is 0 Å². The monoisotopic (exact) mass is 411 g/mol. The Labute approximate surface area is 172 Å². The van der Waals surface area contributed by atoms with Crippen LogP contribution in [0.25, 0.3) is 11.0 Å². The Balaban J connectivity index is 2.08. The van der Waals surface area contributed by atoms with E-state index in [1.165, 1.54) is 18.7 Å². The van der Waals surface area contributed by atoms with E-state index in [2.05, 4.69) is 0 Å². The first-order valence-corrected chi connectivity index (χ1v) is 10.1. The molecule has 8 heteroatoms. The lowest BCUT2D eigenvalue weighted by Crippen LogP contribution is -2.42. The molecular formula is C22H25N3O5. The number of benzene rings is 1. The molecule has 1 aromatic carbocycles. The summed E-state index contributed by atoms with van der Waals surface area (Å²) in [5.74, 6) is -1.05. The predicted molar refractivity (Wildman–Crippen MR) is 114 cm³/mol. The molecule has 1 aliphatic rings. The van der Waals surface area contributed by atoms with Crippen molar-refractivity contribution in [3.05, 3.63) is 66.7 Å². The number of hydrogen-bond donors (Lipinski definition) is 2. The normalized spacial score (nSPS) is 16.1. The standard InChI is InChI=1S/C22H25N3O5/c1-24-19(23)17(20(27)25(2)22(24)29)15(12-8-4-3-5-9-12)16-18(26)13-10-6-7-11-14(13)30-21(16)28/h6-7,10-12,15,26H,3-5,8-9,23H2,1-2H3. The predicted octanol–water partition coefficient (Wildman–Crippen LogP) is 2.19. The molecular weight excluding hydrogens is 386 g/mol. The fraction of sp³-hybridized carbons (Fsp3) is 0.409. The van der Waals surface area contributed by atoms with Crippen LogP contribution in [0.3, 0.4) is 0 Å². The molecule has 2 aromatic heterocycles. The zero-order valence-electron chi connectivity index (χ0n) is 17.1. The van der Waals surface area contributed by atoms with Crippen LogP contribution in [0.2, 0.25) is 0 Å². The third kappa shape index (κ3) is 3.03. The van der Waals surface area contributed by atoms with Crippen molar-refractivity contribution in [2.45, 2.75) is 38.0 Å². The second-order valence-corrected chi connectivity index (χ2v) is 8.03. The number of nitrogen functional groups attached to an aromatic ring is 1. The minimum Gasteiger partial charge on any atom is -0.507 e. The Bertz CT molecular complexity index is 1300. The minimum absolute atomic E-state index is 0.00521. The van der Waals surface area contributed by atoms with Crippen molar-refractivity contribution in [1.29, 1.82) is 0 Å². The fourth-order valence-corrected chi connectivity index (χ4v) is 4.68. The third-order valence-corrected chi connectivity index (χ3v) is 6.31. The quantitative estimate of drug-likeness (QED) is 0.638. The third-order valence-electron chi connectivity index (χ3n) is 6.31. The molecule has 1 aliphatic carbocycles. The largest absolute Gasteiger partial charge is 0.507 e. The maximum atomic E-state index is 13.2. The summed E-state index contributed by atoms with van der Waals surface area (Å²) >= 11 is 0. The van der Waals surface area contributed by atoms with Gasteiger partial charge in [0.1, 0.15) is 17.2 Å². The highest BCUT2D eigenvalue weighted by Gasteiger charge is 2.36. The van der Waals surface area contributed by atoms with Crippen LogP contribution in [0, 0.1) is 5.92 Å².